The number of imidazole rings is 1. The third-order valence-electron chi connectivity index (χ3n) is 2.52. The molecule has 0 unspecified atom stereocenters. The monoisotopic (exact) mass is 286 g/mol. The van der Waals surface area contributed by atoms with Gasteiger partial charge in [0.25, 0.3) is 5.69 Å². The number of hydrogen-bond donors (Lipinski definition) is 2. The van der Waals surface area contributed by atoms with E-state index in [1.165, 1.54) is 12.4 Å². The Balaban J connectivity index is 2.29. The van der Waals surface area contributed by atoms with Gasteiger partial charge in [0.1, 0.15) is 5.82 Å². The number of rotatable bonds is 4. The summed E-state index contributed by atoms with van der Waals surface area (Å²) >= 11 is 0. The average Bonchev–Trinajstić information content (AvgIpc) is 2.88. The van der Waals surface area contributed by atoms with E-state index >= 15 is 0 Å². The first-order valence-corrected chi connectivity index (χ1v) is 5.45. The lowest BCUT2D eigenvalue weighted by molar-refractivity contribution is -0.385. The Morgan fingerprint density at radius 3 is 2.70 bits per heavy atom. The zero-order chi connectivity index (χ0) is 14.8. The Morgan fingerprint density at radius 1 is 1.40 bits per heavy atom. The number of nitrogens with one attached hydrogen (secondary N) is 2. The molecule has 0 aliphatic carbocycles. The van der Waals surface area contributed by atoms with Crippen molar-refractivity contribution in [1.82, 2.24) is 9.97 Å². The summed E-state index contributed by atoms with van der Waals surface area (Å²) in [5, 5.41) is 13.1. The second-order valence-corrected chi connectivity index (χ2v) is 3.87. The fraction of sp³-hybridized carbons (Fsp3) is 0.182. The zero-order valence-electron chi connectivity index (χ0n) is 9.94. The molecule has 0 aliphatic rings. The second kappa shape index (κ2) is 5.19. The first kappa shape index (κ1) is 13.8. The predicted octanol–water partition coefficient (Wildman–Crippen LogP) is 2.95. The molecule has 0 aliphatic heterocycles. The van der Waals surface area contributed by atoms with Crippen LogP contribution in [0.4, 0.5) is 24.5 Å². The van der Waals surface area contributed by atoms with Crippen molar-refractivity contribution in [3.8, 4) is 0 Å². The molecule has 1 heterocycles. The first-order chi connectivity index (χ1) is 9.38. The summed E-state index contributed by atoms with van der Waals surface area (Å²) in [6, 6.07) is 2.55. The molecule has 2 N–H and O–H groups in total. The van der Waals surface area contributed by atoms with E-state index in [1.54, 1.807) is 0 Å². The van der Waals surface area contributed by atoms with Crippen molar-refractivity contribution in [1.29, 1.82) is 0 Å². The molecule has 20 heavy (non-hydrogen) atoms. The van der Waals surface area contributed by atoms with Gasteiger partial charge in [0.15, 0.2) is 0 Å². The van der Waals surface area contributed by atoms with Crippen molar-refractivity contribution >= 4 is 11.4 Å². The second-order valence-electron chi connectivity index (χ2n) is 3.87. The minimum absolute atomic E-state index is 0.0495. The van der Waals surface area contributed by atoms with E-state index in [-0.39, 0.29) is 12.2 Å². The number of nitro benzene ring substituents is 1. The van der Waals surface area contributed by atoms with Gasteiger partial charge in [-0.05, 0) is 6.07 Å². The van der Waals surface area contributed by atoms with Crippen LogP contribution in [0.25, 0.3) is 0 Å². The van der Waals surface area contributed by atoms with Crippen LogP contribution >= 0.6 is 0 Å². The van der Waals surface area contributed by atoms with Crippen LogP contribution in [0.15, 0.2) is 30.6 Å². The standard InChI is InChI=1S/C11H9F3N4O2/c12-11(13,14)8-5-7(18(19)20)1-2-9(8)17-6-10-15-3-4-16-10/h1-5,17H,6H2,(H,15,16). The number of anilines is 1. The van der Waals surface area contributed by atoms with E-state index in [0.29, 0.717) is 11.9 Å². The number of non-ortho nitro benzene ring substituents is 1. The molecular formula is C11H9F3N4O2. The fourth-order valence-corrected chi connectivity index (χ4v) is 1.61. The molecule has 2 rings (SSSR count). The summed E-state index contributed by atoms with van der Waals surface area (Å²) in [5.41, 5.74) is -1.93. The number of hydrogen-bond acceptors (Lipinski definition) is 4. The maximum Gasteiger partial charge on any atom is 0.418 e. The van der Waals surface area contributed by atoms with Crippen molar-refractivity contribution in [2.45, 2.75) is 12.7 Å². The average molecular weight is 286 g/mol. The largest absolute Gasteiger partial charge is 0.418 e. The number of H-pyrrole nitrogens is 1. The van der Waals surface area contributed by atoms with Crippen molar-refractivity contribution in [3.05, 3.63) is 52.1 Å². The maximum absolute atomic E-state index is 12.9. The fourth-order valence-electron chi connectivity index (χ4n) is 1.61. The highest BCUT2D eigenvalue weighted by Crippen LogP contribution is 2.37. The smallest absolute Gasteiger partial charge is 0.377 e. The van der Waals surface area contributed by atoms with Gasteiger partial charge in [0, 0.05) is 30.2 Å². The summed E-state index contributed by atoms with van der Waals surface area (Å²) in [6.07, 6.45) is -1.67. The molecule has 0 atom stereocenters. The lowest BCUT2D eigenvalue weighted by atomic mass is 10.1. The van der Waals surface area contributed by atoms with Crippen molar-refractivity contribution < 1.29 is 18.1 Å². The highest BCUT2D eigenvalue weighted by Gasteiger charge is 2.35. The highest BCUT2D eigenvalue weighted by molar-refractivity contribution is 5.57. The number of aromatic nitrogens is 2. The quantitative estimate of drug-likeness (QED) is 0.668. The molecule has 9 heteroatoms. The summed E-state index contributed by atoms with van der Waals surface area (Å²) in [5.74, 6) is 0.455. The first-order valence-electron chi connectivity index (χ1n) is 5.45. The Kier molecular flexibility index (Phi) is 3.59. The van der Waals surface area contributed by atoms with Crippen LogP contribution in [0.2, 0.25) is 0 Å². The predicted molar refractivity (Wildman–Crippen MR) is 64.0 cm³/mol. The third-order valence-corrected chi connectivity index (χ3v) is 2.52. The van der Waals surface area contributed by atoms with Crippen LogP contribution in [0.3, 0.4) is 0 Å². The Labute approximate surface area is 110 Å². The lowest BCUT2D eigenvalue weighted by Gasteiger charge is -2.13. The molecule has 1 aromatic carbocycles. The minimum atomic E-state index is -4.68. The molecule has 0 amide bonds. The van der Waals surface area contributed by atoms with Gasteiger partial charge in [-0.3, -0.25) is 10.1 Å². The van der Waals surface area contributed by atoms with Crippen LogP contribution in [0, 0.1) is 10.1 Å². The van der Waals surface area contributed by atoms with Crippen LogP contribution < -0.4 is 5.32 Å². The summed E-state index contributed by atoms with van der Waals surface area (Å²) in [4.78, 5) is 16.3. The SMILES string of the molecule is O=[N+]([O-])c1ccc(NCc2ncc[nH]2)c(C(F)(F)F)c1. The Hall–Kier alpha value is -2.58. The molecule has 6 nitrogen and oxygen atoms in total. The lowest BCUT2D eigenvalue weighted by Crippen LogP contribution is -2.12. The Morgan fingerprint density at radius 2 is 2.15 bits per heavy atom. The number of alkyl halides is 3. The van der Waals surface area contributed by atoms with Gasteiger partial charge in [-0.25, -0.2) is 4.98 Å². The van der Waals surface area contributed by atoms with E-state index in [0.717, 1.165) is 12.1 Å². The molecule has 0 fully saturated rings. The van der Waals surface area contributed by atoms with Crippen LogP contribution in [-0.4, -0.2) is 14.9 Å². The van der Waals surface area contributed by atoms with Gasteiger partial charge >= 0.3 is 6.18 Å². The number of nitro groups is 1. The van der Waals surface area contributed by atoms with E-state index in [4.69, 9.17) is 0 Å². The molecule has 0 radical (unpaired) electrons. The normalized spacial score (nSPS) is 11.3. The van der Waals surface area contributed by atoms with E-state index < -0.39 is 22.4 Å². The molecule has 0 saturated heterocycles. The molecule has 2 aromatic rings. The topological polar surface area (TPSA) is 83.8 Å². The molecule has 0 spiro atoms. The third kappa shape index (κ3) is 3.05. The van der Waals surface area contributed by atoms with Gasteiger partial charge in [-0.1, -0.05) is 0 Å². The van der Waals surface area contributed by atoms with Crippen LogP contribution in [-0.2, 0) is 12.7 Å². The van der Waals surface area contributed by atoms with Crippen molar-refractivity contribution in [2.24, 2.45) is 0 Å². The van der Waals surface area contributed by atoms with Gasteiger partial charge in [0.05, 0.1) is 17.0 Å². The number of nitrogens with zero attached hydrogens (tertiary/aromatic N) is 2. The van der Waals surface area contributed by atoms with Gasteiger partial charge < -0.3 is 10.3 Å². The molecular weight excluding hydrogens is 277 g/mol. The van der Waals surface area contributed by atoms with Gasteiger partial charge in [-0.2, -0.15) is 13.2 Å². The number of benzene rings is 1. The zero-order valence-corrected chi connectivity index (χ0v) is 9.94. The number of aromatic amines is 1. The summed E-state index contributed by atoms with van der Waals surface area (Å²) in [7, 11) is 0. The minimum Gasteiger partial charge on any atom is -0.377 e. The van der Waals surface area contributed by atoms with E-state index in [1.807, 2.05) is 0 Å². The van der Waals surface area contributed by atoms with Crippen molar-refractivity contribution in [2.75, 3.05) is 5.32 Å². The van der Waals surface area contributed by atoms with Crippen LogP contribution in [0.1, 0.15) is 11.4 Å². The molecule has 106 valence electrons. The van der Waals surface area contributed by atoms with E-state index in [2.05, 4.69) is 15.3 Å². The maximum atomic E-state index is 12.9. The Bertz CT molecular complexity index is 611. The highest BCUT2D eigenvalue weighted by atomic mass is 19.4. The van der Waals surface area contributed by atoms with E-state index in [9.17, 15) is 23.3 Å². The molecule has 0 saturated carbocycles. The van der Waals surface area contributed by atoms with Gasteiger partial charge in [0.2, 0.25) is 0 Å². The number of halogens is 3. The van der Waals surface area contributed by atoms with Crippen LogP contribution in [0.5, 0.6) is 0 Å². The van der Waals surface area contributed by atoms with Gasteiger partial charge in [-0.15, -0.1) is 0 Å². The summed E-state index contributed by atoms with van der Waals surface area (Å²) < 4.78 is 38.6. The summed E-state index contributed by atoms with van der Waals surface area (Å²) in [6.45, 7) is 0.0495. The molecule has 0 bridgehead atoms. The molecule has 1 aromatic heterocycles. The van der Waals surface area contributed by atoms with Crippen molar-refractivity contribution in [3.63, 3.8) is 0 Å².